The molecular formula is C17H13F3N2O3. The number of aromatic nitrogens is 1. The molecule has 0 atom stereocenters. The first-order valence-electron chi connectivity index (χ1n) is 7.18. The number of carbonyl (C=O) groups is 1. The molecule has 0 fully saturated rings. The predicted molar refractivity (Wildman–Crippen MR) is 85.4 cm³/mol. The summed E-state index contributed by atoms with van der Waals surface area (Å²) in [6, 6.07) is 7.24. The Morgan fingerprint density at radius 3 is 2.40 bits per heavy atom. The maximum absolute atomic E-state index is 13.5. The van der Waals surface area contributed by atoms with E-state index in [0.29, 0.717) is 11.3 Å². The third kappa shape index (κ3) is 2.90. The molecule has 0 aliphatic carbocycles. The molecule has 3 rings (SSSR count). The van der Waals surface area contributed by atoms with Gasteiger partial charge in [-0.25, -0.2) is 4.98 Å². The number of ketones is 1. The van der Waals surface area contributed by atoms with E-state index in [1.54, 1.807) is 24.3 Å². The van der Waals surface area contributed by atoms with Crippen molar-refractivity contribution in [2.75, 3.05) is 12.8 Å². The van der Waals surface area contributed by atoms with E-state index < -0.39 is 22.9 Å². The number of anilines is 1. The highest BCUT2D eigenvalue weighted by molar-refractivity contribution is 6.06. The first kappa shape index (κ1) is 16.8. The summed E-state index contributed by atoms with van der Waals surface area (Å²) < 4.78 is 50.7. The number of furan rings is 1. The zero-order valence-corrected chi connectivity index (χ0v) is 13.3. The number of Topliss-reactive ketones (excluding diaryl/α,β-unsaturated/α-hetero) is 1. The molecule has 0 unspecified atom stereocenters. The topological polar surface area (TPSA) is 78.4 Å². The lowest BCUT2D eigenvalue weighted by Crippen LogP contribution is -2.08. The van der Waals surface area contributed by atoms with Gasteiger partial charge >= 0.3 is 6.18 Å². The number of benzene rings is 1. The number of ether oxygens (including phenoxy) is 1. The minimum Gasteiger partial charge on any atom is -0.497 e. The highest BCUT2D eigenvalue weighted by Crippen LogP contribution is 2.41. The second-order valence-electron chi connectivity index (χ2n) is 5.36. The molecule has 0 aliphatic rings. The number of rotatable bonds is 3. The third-order valence-corrected chi connectivity index (χ3v) is 3.71. The van der Waals surface area contributed by atoms with Crippen LogP contribution >= 0.6 is 0 Å². The van der Waals surface area contributed by atoms with Crippen LogP contribution in [0.2, 0.25) is 0 Å². The van der Waals surface area contributed by atoms with E-state index in [-0.39, 0.29) is 22.9 Å². The van der Waals surface area contributed by atoms with Crippen LogP contribution in [0.5, 0.6) is 5.75 Å². The predicted octanol–water partition coefficient (Wildman–Crippen LogP) is 4.31. The van der Waals surface area contributed by atoms with Crippen molar-refractivity contribution in [3.05, 3.63) is 41.7 Å². The fourth-order valence-corrected chi connectivity index (χ4v) is 2.52. The van der Waals surface area contributed by atoms with E-state index in [0.717, 1.165) is 13.0 Å². The summed E-state index contributed by atoms with van der Waals surface area (Å²) in [5.41, 5.74) is 4.49. The van der Waals surface area contributed by atoms with E-state index in [1.165, 1.54) is 7.11 Å². The molecule has 25 heavy (non-hydrogen) atoms. The zero-order chi connectivity index (χ0) is 18.4. The van der Waals surface area contributed by atoms with Gasteiger partial charge in [0, 0.05) is 12.5 Å². The molecule has 0 amide bonds. The van der Waals surface area contributed by atoms with Crippen LogP contribution in [0.4, 0.5) is 18.9 Å². The Hall–Kier alpha value is -3.03. The highest BCUT2D eigenvalue weighted by atomic mass is 19.4. The van der Waals surface area contributed by atoms with Gasteiger partial charge in [0.15, 0.2) is 11.5 Å². The molecule has 0 aliphatic heterocycles. The first-order valence-corrected chi connectivity index (χ1v) is 7.18. The molecule has 1 aromatic carbocycles. The molecule has 0 saturated heterocycles. The Labute approximate surface area is 140 Å². The largest absolute Gasteiger partial charge is 0.497 e. The normalized spacial score (nSPS) is 11.7. The molecule has 0 spiro atoms. The van der Waals surface area contributed by atoms with Crippen LogP contribution in [0.25, 0.3) is 22.4 Å². The fraction of sp³-hybridized carbons (Fsp3) is 0.176. The Bertz CT molecular complexity index is 960. The molecule has 0 bridgehead atoms. The number of pyridine rings is 1. The fourth-order valence-electron chi connectivity index (χ4n) is 2.52. The van der Waals surface area contributed by atoms with E-state index >= 15 is 0 Å². The van der Waals surface area contributed by atoms with Crippen LogP contribution in [-0.4, -0.2) is 17.9 Å². The van der Waals surface area contributed by atoms with Crippen LogP contribution in [0.1, 0.15) is 23.0 Å². The Morgan fingerprint density at radius 2 is 1.88 bits per heavy atom. The maximum Gasteiger partial charge on any atom is 0.417 e. The van der Waals surface area contributed by atoms with Crippen LogP contribution < -0.4 is 10.5 Å². The summed E-state index contributed by atoms with van der Waals surface area (Å²) in [5.74, 6) is -0.350. The molecule has 5 nitrogen and oxygen atoms in total. The monoisotopic (exact) mass is 350 g/mol. The highest BCUT2D eigenvalue weighted by Gasteiger charge is 2.36. The second kappa shape index (κ2) is 5.80. The summed E-state index contributed by atoms with van der Waals surface area (Å²) in [4.78, 5) is 15.6. The first-order chi connectivity index (χ1) is 11.7. The van der Waals surface area contributed by atoms with Gasteiger partial charge in [0.25, 0.3) is 0 Å². The summed E-state index contributed by atoms with van der Waals surface area (Å²) in [6.45, 7) is 1.16. The molecule has 2 aromatic heterocycles. The number of hydrogen-bond acceptors (Lipinski definition) is 5. The molecule has 130 valence electrons. The van der Waals surface area contributed by atoms with Crippen LogP contribution in [0.3, 0.4) is 0 Å². The Balaban J connectivity index is 2.29. The van der Waals surface area contributed by atoms with Gasteiger partial charge in [0.05, 0.1) is 29.4 Å². The lowest BCUT2D eigenvalue weighted by atomic mass is 10.0. The summed E-state index contributed by atoms with van der Waals surface area (Å²) >= 11 is 0. The van der Waals surface area contributed by atoms with Gasteiger partial charge < -0.3 is 14.9 Å². The standard InChI is InChI=1S/C17H13F3N2O3/c1-8(23)15-14(21)13-11(17(18,19)20)7-12(22-16(13)25-15)9-3-5-10(24-2)6-4-9/h3-7H,21H2,1-2H3. The molecule has 8 heteroatoms. The Morgan fingerprint density at radius 1 is 1.24 bits per heavy atom. The number of nitrogens with zero attached hydrogens (tertiary/aromatic N) is 1. The SMILES string of the molecule is COc1ccc(-c2cc(C(F)(F)F)c3c(N)c(C(C)=O)oc3n2)cc1. The van der Waals surface area contributed by atoms with Gasteiger partial charge in [0.2, 0.25) is 5.71 Å². The van der Waals surface area contributed by atoms with Crippen molar-refractivity contribution in [1.82, 2.24) is 4.98 Å². The molecule has 3 aromatic rings. The number of nitrogen functional groups attached to an aromatic ring is 1. The Kier molecular flexibility index (Phi) is 3.90. The number of hydrogen-bond donors (Lipinski definition) is 1. The minimum atomic E-state index is -4.69. The van der Waals surface area contributed by atoms with Gasteiger partial charge in [-0.05, 0) is 30.3 Å². The van der Waals surface area contributed by atoms with Crippen LogP contribution in [-0.2, 0) is 6.18 Å². The van der Waals surface area contributed by atoms with Crippen molar-refractivity contribution < 1.29 is 27.1 Å². The zero-order valence-electron chi connectivity index (χ0n) is 13.3. The number of halogens is 3. The van der Waals surface area contributed by atoms with Crippen molar-refractivity contribution in [3.63, 3.8) is 0 Å². The van der Waals surface area contributed by atoms with E-state index in [1.807, 2.05) is 0 Å². The van der Waals surface area contributed by atoms with Gasteiger partial charge in [-0.2, -0.15) is 13.2 Å². The smallest absolute Gasteiger partial charge is 0.417 e. The van der Waals surface area contributed by atoms with Gasteiger partial charge in [-0.1, -0.05) is 0 Å². The van der Waals surface area contributed by atoms with Crippen molar-refractivity contribution in [2.24, 2.45) is 0 Å². The number of nitrogens with two attached hydrogens (primary N) is 1. The van der Waals surface area contributed by atoms with Crippen molar-refractivity contribution >= 4 is 22.6 Å². The van der Waals surface area contributed by atoms with Crippen LogP contribution in [0, 0.1) is 0 Å². The van der Waals surface area contributed by atoms with E-state index in [2.05, 4.69) is 4.98 Å². The lowest BCUT2D eigenvalue weighted by molar-refractivity contribution is -0.136. The molecule has 2 heterocycles. The number of fused-ring (bicyclic) bond motifs is 1. The van der Waals surface area contributed by atoms with Crippen LogP contribution in [0.15, 0.2) is 34.7 Å². The minimum absolute atomic E-state index is 0.0475. The molecular weight excluding hydrogens is 337 g/mol. The molecule has 0 radical (unpaired) electrons. The quantitative estimate of drug-likeness (QED) is 0.712. The van der Waals surface area contributed by atoms with E-state index in [4.69, 9.17) is 14.9 Å². The summed E-state index contributed by atoms with van der Waals surface area (Å²) in [5, 5.41) is -0.407. The van der Waals surface area contributed by atoms with Gasteiger partial charge in [-0.3, -0.25) is 4.79 Å². The molecule has 2 N–H and O–H groups in total. The van der Waals surface area contributed by atoms with Crippen molar-refractivity contribution in [2.45, 2.75) is 13.1 Å². The average molecular weight is 350 g/mol. The van der Waals surface area contributed by atoms with Crippen molar-refractivity contribution in [1.29, 1.82) is 0 Å². The third-order valence-electron chi connectivity index (χ3n) is 3.71. The van der Waals surface area contributed by atoms with Gasteiger partial charge in [-0.15, -0.1) is 0 Å². The average Bonchev–Trinajstić information content (AvgIpc) is 2.90. The number of alkyl halides is 3. The molecule has 0 saturated carbocycles. The van der Waals surface area contributed by atoms with Gasteiger partial charge in [0.1, 0.15) is 5.75 Å². The lowest BCUT2D eigenvalue weighted by Gasteiger charge is -2.10. The maximum atomic E-state index is 13.5. The van der Waals surface area contributed by atoms with Crippen molar-refractivity contribution in [3.8, 4) is 17.0 Å². The summed E-state index contributed by atoms with van der Waals surface area (Å²) in [7, 11) is 1.48. The number of methoxy groups -OCH3 is 1. The summed E-state index contributed by atoms with van der Waals surface area (Å²) in [6.07, 6.45) is -4.69. The number of carbonyl (C=O) groups excluding carboxylic acids is 1. The van der Waals surface area contributed by atoms with E-state index in [9.17, 15) is 18.0 Å². The second-order valence-corrected chi connectivity index (χ2v) is 5.36.